The largest absolute Gasteiger partial charge is 0.472 e. The number of likely N-dealkylation sites (tertiary alicyclic amines) is 2. The number of amides is 2. The molecule has 2 amide bonds. The predicted molar refractivity (Wildman–Crippen MR) is 232 cm³/mol. The second kappa shape index (κ2) is 18.6. The van der Waals surface area contributed by atoms with E-state index in [4.69, 9.17) is 18.8 Å². The van der Waals surface area contributed by atoms with E-state index in [-0.39, 0.29) is 17.3 Å². The maximum absolute atomic E-state index is 12.0. The average Bonchev–Trinajstić information content (AvgIpc) is 4.14. The number of carbonyl (C=O) groups is 2. The second-order valence-corrected chi connectivity index (χ2v) is 16.1. The van der Waals surface area contributed by atoms with Crippen LogP contribution in [-0.4, -0.2) is 108 Å². The quantitative estimate of drug-likeness (QED) is 0.225. The lowest BCUT2D eigenvalue weighted by molar-refractivity contribution is 0.0938. The van der Waals surface area contributed by atoms with Crippen LogP contribution in [0.5, 0.6) is 0 Å². The fourth-order valence-corrected chi connectivity index (χ4v) is 9.27. The van der Waals surface area contributed by atoms with Crippen molar-refractivity contribution in [2.75, 3.05) is 52.4 Å². The Labute approximate surface area is 355 Å². The number of carbonyl (C=O) groups excluding carboxylic acids is 2. The van der Waals surface area contributed by atoms with Crippen molar-refractivity contribution in [2.45, 2.75) is 51.6 Å². The van der Waals surface area contributed by atoms with Crippen LogP contribution >= 0.6 is 0 Å². The Kier molecular flexibility index (Phi) is 12.7. The van der Waals surface area contributed by atoms with E-state index in [0.29, 0.717) is 24.2 Å². The van der Waals surface area contributed by atoms with Crippen molar-refractivity contribution in [2.24, 2.45) is 14.1 Å². The topological polar surface area (TPSA) is 168 Å². The molecule has 6 aromatic heterocycles. The van der Waals surface area contributed by atoms with Crippen LogP contribution < -0.4 is 10.6 Å². The minimum absolute atomic E-state index is 0. The zero-order chi connectivity index (χ0) is 41.0. The van der Waals surface area contributed by atoms with E-state index in [9.17, 15) is 9.59 Å². The zero-order valence-electron chi connectivity index (χ0n) is 35.1. The highest BCUT2D eigenvalue weighted by atomic mass is 16.3. The first-order valence-electron chi connectivity index (χ1n) is 21.2. The maximum Gasteiger partial charge on any atom is 0.254 e. The molecule has 2 fully saturated rings. The Balaban J connectivity index is 0.000000166. The molecule has 0 aromatic carbocycles. The summed E-state index contributed by atoms with van der Waals surface area (Å²) in [5.74, 6) is 2.06. The fraction of sp³-hybridized carbons (Fsp3) is 0.391. The SMILES string of the molecule is Cn1ccc2c1CCn1ccnc1C2=C1CCN(CCNC(=O)c2ccoc2)CC1.Cn1ccc2c1CCn1ccnc1C2=C1CCN(CCNC(=O)c2ccoc2)CC1.O. The molecule has 61 heavy (non-hydrogen) atoms. The van der Waals surface area contributed by atoms with Gasteiger partial charge in [-0.25, -0.2) is 9.97 Å². The molecule has 320 valence electrons. The van der Waals surface area contributed by atoms with Gasteiger partial charge in [0.15, 0.2) is 0 Å². The van der Waals surface area contributed by atoms with E-state index < -0.39 is 0 Å². The number of nitrogens with one attached hydrogen (secondary N) is 2. The summed E-state index contributed by atoms with van der Waals surface area (Å²) in [6.45, 7) is 8.96. The van der Waals surface area contributed by atoms with Crippen molar-refractivity contribution in [1.29, 1.82) is 0 Å². The number of fused-ring (bicyclic) bond motifs is 4. The molecule has 0 unspecified atom stereocenters. The smallest absolute Gasteiger partial charge is 0.254 e. The summed E-state index contributed by atoms with van der Waals surface area (Å²) in [5.41, 5.74) is 12.3. The predicted octanol–water partition coefficient (Wildman–Crippen LogP) is 4.57. The van der Waals surface area contributed by atoms with Crippen molar-refractivity contribution in [3.05, 3.63) is 143 Å². The van der Waals surface area contributed by atoms with Gasteiger partial charge in [0.25, 0.3) is 11.8 Å². The highest BCUT2D eigenvalue weighted by molar-refractivity contribution is 5.94. The van der Waals surface area contributed by atoms with Crippen LogP contribution in [0.2, 0.25) is 0 Å². The van der Waals surface area contributed by atoms with Crippen LogP contribution in [0.4, 0.5) is 0 Å². The first-order valence-corrected chi connectivity index (χ1v) is 21.2. The number of hydrogen-bond donors (Lipinski definition) is 2. The van der Waals surface area contributed by atoms with Gasteiger partial charge in [-0.1, -0.05) is 11.1 Å². The summed E-state index contributed by atoms with van der Waals surface area (Å²) in [6, 6.07) is 7.87. The molecule has 4 aliphatic rings. The Morgan fingerprint density at radius 3 is 1.41 bits per heavy atom. The van der Waals surface area contributed by atoms with Crippen LogP contribution in [0.3, 0.4) is 0 Å². The summed E-state index contributed by atoms with van der Waals surface area (Å²) in [5, 5.41) is 5.94. The number of aromatic nitrogens is 6. The number of aryl methyl sites for hydroxylation is 4. The Morgan fingerprint density at radius 1 is 0.590 bits per heavy atom. The first-order chi connectivity index (χ1) is 29.4. The van der Waals surface area contributed by atoms with Gasteiger partial charge in [0.1, 0.15) is 24.2 Å². The second-order valence-electron chi connectivity index (χ2n) is 16.1. The van der Waals surface area contributed by atoms with Gasteiger partial charge in [-0.05, 0) is 49.9 Å². The van der Waals surface area contributed by atoms with Crippen LogP contribution in [0.1, 0.15) is 80.6 Å². The minimum atomic E-state index is -0.0783. The van der Waals surface area contributed by atoms with E-state index in [0.717, 1.165) is 103 Å². The summed E-state index contributed by atoms with van der Waals surface area (Å²) < 4.78 is 19.0. The van der Waals surface area contributed by atoms with Gasteiger partial charge in [-0.3, -0.25) is 9.59 Å². The normalized spacial score (nSPS) is 16.6. The average molecular weight is 829 g/mol. The molecule has 0 atom stereocenters. The summed E-state index contributed by atoms with van der Waals surface area (Å²) in [7, 11) is 4.27. The molecular formula is C46H56N10O5. The third kappa shape index (κ3) is 8.85. The van der Waals surface area contributed by atoms with Gasteiger partial charge >= 0.3 is 0 Å². The fourth-order valence-electron chi connectivity index (χ4n) is 9.27. The van der Waals surface area contributed by atoms with E-state index in [1.54, 1.807) is 12.1 Å². The molecule has 10 rings (SSSR count). The molecule has 10 heterocycles. The standard InChI is InChI=1S/2C23H27N5O2.H2O/c2*1-26-9-4-19-20(26)5-12-28-14-8-24-22(28)21(19)17-2-10-27(11-3-17)13-7-25-23(29)18-6-15-30-16-18;/h2*4,6,8-9,14-16H,2-3,5,7,10-13H2,1H3,(H,25,29);1H2. The molecule has 15 nitrogen and oxygen atoms in total. The molecule has 0 bridgehead atoms. The summed E-state index contributed by atoms with van der Waals surface area (Å²) in [4.78, 5) is 38.4. The molecule has 4 N–H and O–H groups in total. The lowest BCUT2D eigenvalue weighted by atomic mass is 9.92. The molecule has 0 spiro atoms. The van der Waals surface area contributed by atoms with Gasteiger partial charge < -0.3 is 53.0 Å². The Bertz CT molecular complexity index is 2300. The van der Waals surface area contributed by atoms with Crippen LogP contribution in [-0.2, 0) is 40.0 Å². The van der Waals surface area contributed by atoms with Gasteiger partial charge in [0.2, 0.25) is 0 Å². The van der Waals surface area contributed by atoms with Crippen molar-refractivity contribution in [1.82, 2.24) is 48.7 Å². The lowest BCUT2D eigenvalue weighted by Gasteiger charge is -2.29. The lowest BCUT2D eigenvalue weighted by Crippen LogP contribution is -2.38. The summed E-state index contributed by atoms with van der Waals surface area (Å²) >= 11 is 0. The van der Waals surface area contributed by atoms with Crippen molar-refractivity contribution in [3.8, 4) is 0 Å². The summed E-state index contributed by atoms with van der Waals surface area (Å²) in [6.07, 6.45) is 24.6. The monoisotopic (exact) mass is 828 g/mol. The molecule has 6 aromatic rings. The number of nitrogens with zero attached hydrogens (tertiary/aromatic N) is 8. The third-order valence-electron chi connectivity index (χ3n) is 12.6. The highest BCUT2D eigenvalue weighted by Crippen LogP contribution is 2.37. The van der Waals surface area contributed by atoms with E-state index >= 15 is 0 Å². The molecule has 15 heteroatoms. The number of rotatable bonds is 8. The van der Waals surface area contributed by atoms with E-state index in [1.807, 2.05) is 12.4 Å². The molecule has 0 saturated carbocycles. The van der Waals surface area contributed by atoms with Gasteiger partial charge in [-0.2, -0.15) is 0 Å². The van der Waals surface area contributed by atoms with Crippen molar-refractivity contribution < 1.29 is 23.9 Å². The highest BCUT2D eigenvalue weighted by Gasteiger charge is 2.28. The first kappa shape index (κ1) is 41.6. The molecular weight excluding hydrogens is 773 g/mol. The van der Waals surface area contributed by atoms with Crippen LogP contribution in [0.15, 0.2) is 106 Å². The van der Waals surface area contributed by atoms with Crippen molar-refractivity contribution in [3.63, 3.8) is 0 Å². The number of piperidine rings is 2. The van der Waals surface area contributed by atoms with E-state index in [1.165, 1.54) is 69.9 Å². The van der Waals surface area contributed by atoms with Crippen LogP contribution in [0.25, 0.3) is 11.1 Å². The third-order valence-corrected chi connectivity index (χ3v) is 12.6. The zero-order valence-corrected chi connectivity index (χ0v) is 35.1. The Hall–Kier alpha value is -6.16. The number of hydrogen-bond acceptors (Lipinski definition) is 8. The van der Waals surface area contributed by atoms with Gasteiger partial charge in [0.05, 0.1) is 23.7 Å². The number of imidazole rings is 2. The minimum Gasteiger partial charge on any atom is -0.472 e. The Morgan fingerprint density at radius 2 is 1.02 bits per heavy atom. The maximum atomic E-state index is 12.0. The van der Waals surface area contributed by atoms with Gasteiger partial charge in [-0.15, -0.1) is 0 Å². The van der Waals surface area contributed by atoms with Crippen LogP contribution in [0, 0.1) is 0 Å². The molecule has 0 radical (unpaired) electrons. The molecule has 2 saturated heterocycles. The molecule has 0 aliphatic carbocycles. The van der Waals surface area contributed by atoms with E-state index in [2.05, 4.69) is 89.7 Å². The number of furan rings is 2. The molecule has 4 aliphatic heterocycles. The van der Waals surface area contributed by atoms with Crippen molar-refractivity contribution >= 4 is 23.0 Å². The van der Waals surface area contributed by atoms with Gasteiger partial charge in [0, 0.05) is 163 Å².